The molecule has 0 aliphatic carbocycles. The molecule has 0 aliphatic heterocycles. The minimum absolute atomic E-state index is 0.0941. The van der Waals surface area contributed by atoms with E-state index in [4.69, 9.17) is 0 Å². The summed E-state index contributed by atoms with van der Waals surface area (Å²) in [5, 5.41) is 3.13. The zero-order valence-electron chi connectivity index (χ0n) is 16.5. The molecule has 0 radical (unpaired) electrons. The van der Waals surface area contributed by atoms with Crippen LogP contribution in [0.1, 0.15) is 10.4 Å². The van der Waals surface area contributed by atoms with Crippen molar-refractivity contribution in [2.75, 3.05) is 5.32 Å². The molecule has 32 heavy (non-hydrogen) atoms. The zero-order chi connectivity index (χ0) is 22.5. The Labute approximate surface area is 237 Å². The molecule has 4 rings (SSSR count). The number of amides is 1. The van der Waals surface area contributed by atoms with Gasteiger partial charge in [-0.1, -0.05) is 59.9 Å². The number of hydrogen-bond donors (Lipinski definition) is 1. The Balaban J connectivity index is 1.66. The van der Waals surface area contributed by atoms with Crippen LogP contribution >= 0.6 is 91.3 Å². The number of anilines is 1. The van der Waals surface area contributed by atoms with Crippen LogP contribution in [0.5, 0.6) is 0 Å². The third-order valence-corrected chi connectivity index (χ3v) is 9.96. The van der Waals surface area contributed by atoms with Crippen molar-refractivity contribution in [3.63, 3.8) is 0 Å². The van der Waals surface area contributed by atoms with Crippen molar-refractivity contribution in [3.8, 4) is 0 Å². The third-order valence-electron chi connectivity index (χ3n) is 4.33. The van der Waals surface area contributed by atoms with E-state index in [0.29, 0.717) is 5.56 Å². The van der Waals surface area contributed by atoms with Crippen molar-refractivity contribution in [1.82, 2.24) is 0 Å². The largest absolute Gasteiger partial charge is 0.322 e. The highest BCUT2D eigenvalue weighted by atomic mass is 127. The highest BCUT2D eigenvalue weighted by molar-refractivity contribution is 14.1. The molecular weight excluding hydrogens is 775 g/mol. The van der Waals surface area contributed by atoms with E-state index in [2.05, 4.69) is 109 Å². The quantitative estimate of drug-likeness (QED) is 0.156. The van der Waals surface area contributed by atoms with Crippen molar-refractivity contribution in [2.45, 2.75) is 19.6 Å². The van der Waals surface area contributed by atoms with Gasteiger partial charge in [0.1, 0.15) is 0 Å². The Bertz CT molecular complexity index is 1190. The molecule has 7 heteroatoms. The maximum absolute atomic E-state index is 13.1. The fourth-order valence-electron chi connectivity index (χ4n) is 2.93. The predicted octanol–water partition coefficient (Wildman–Crippen LogP) is 9.06. The van der Waals surface area contributed by atoms with Crippen LogP contribution in [0.3, 0.4) is 0 Å². The van der Waals surface area contributed by atoms with Crippen LogP contribution in [0.25, 0.3) is 0 Å². The monoisotopic (exact) mass is 791 g/mol. The molecule has 0 aliphatic rings. The number of nitrogens with one attached hydrogen (secondary N) is 1. The molecule has 0 heterocycles. The zero-order valence-corrected chi connectivity index (χ0v) is 24.6. The van der Waals surface area contributed by atoms with E-state index >= 15 is 0 Å². The van der Waals surface area contributed by atoms with Crippen LogP contribution in [0.15, 0.2) is 111 Å². The maximum atomic E-state index is 13.1. The normalized spacial score (nSPS) is 10.7. The van der Waals surface area contributed by atoms with Gasteiger partial charge in [-0.05, 0) is 122 Å². The lowest BCUT2D eigenvalue weighted by atomic mass is 10.2. The highest BCUT2D eigenvalue weighted by Crippen LogP contribution is 2.36. The molecule has 2 nitrogen and oxygen atoms in total. The van der Waals surface area contributed by atoms with Crippen LogP contribution in [0.2, 0.25) is 0 Å². The van der Waals surface area contributed by atoms with E-state index in [9.17, 15) is 4.79 Å². The smallest absolute Gasteiger partial charge is 0.256 e. The average Bonchev–Trinajstić information content (AvgIpc) is 2.77. The van der Waals surface area contributed by atoms with Gasteiger partial charge < -0.3 is 5.32 Å². The van der Waals surface area contributed by atoms with Crippen LogP contribution in [-0.4, -0.2) is 5.91 Å². The molecular formula is C25H16I3NOS2. The molecule has 0 atom stereocenters. The van der Waals surface area contributed by atoms with Gasteiger partial charge >= 0.3 is 0 Å². The first-order chi connectivity index (χ1) is 15.5. The van der Waals surface area contributed by atoms with E-state index in [0.717, 1.165) is 36.0 Å². The standard InChI is InChI=1S/C25H16I3NOS2/c26-16-11-22(24(28)23(27)12-16)25(30)29-17-13-20(31-18-7-3-1-4-8-18)15-21(14-17)32-19-9-5-2-6-10-19/h1-15H,(H,29,30). The van der Waals surface area contributed by atoms with Crippen LogP contribution in [0, 0.1) is 10.7 Å². The summed E-state index contributed by atoms with van der Waals surface area (Å²) in [6.45, 7) is 0. The summed E-state index contributed by atoms with van der Waals surface area (Å²) < 4.78 is 3.09. The molecule has 160 valence electrons. The molecule has 0 unspecified atom stereocenters. The lowest BCUT2D eigenvalue weighted by molar-refractivity contribution is 0.102. The Kier molecular flexibility index (Phi) is 8.82. The molecule has 0 spiro atoms. The lowest BCUT2D eigenvalue weighted by Crippen LogP contribution is -2.14. The second-order valence-corrected chi connectivity index (χ2v) is 12.5. The maximum Gasteiger partial charge on any atom is 0.256 e. The molecule has 0 saturated carbocycles. The van der Waals surface area contributed by atoms with Crippen molar-refractivity contribution in [3.05, 3.63) is 107 Å². The van der Waals surface area contributed by atoms with Crippen molar-refractivity contribution < 1.29 is 4.79 Å². The second-order valence-electron chi connectivity index (χ2n) is 6.73. The van der Waals surface area contributed by atoms with Gasteiger partial charge in [-0.3, -0.25) is 4.79 Å². The molecule has 0 aromatic heterocycles. The Hall–Kier alpha value is -0.760. The Morgan fingerprint density at radius 1 is 0.656 bits per heavy atom. The summed E-state index contributed by atoms with van der Waals surface area (Å²) in [4.78, 5) is 17.6. The van der Waals surface area contributed by atoms with Gasteiger partial charge in [0, 0.05) is 36.0 Å². The van der Waals surface area contributed by atoms with Crippen LogP contribution in [0.4, 0.5) is 5.69 Å². The SMILES string of the molecule is O=C(Nc1cc(Sc2ccccc2)cc(Sc2ccccc2)c1)c1cc(I)cc(I)c1I. The predicted molar refractivity (Wildman–Crippen MR) is 160 cm³/mol. The summed E-state index contributed by atoms with van der Waals surface area (Å²) in [7, 11) is 0. The Morgan fingerprint density at radius 2 is 1.19 bits per heavy atom. The van der Waals surface area contributed by atoms with E-state index in [1.807, 2.05) is 54.6 Å². The molecule has 1 N–H and O–H groups in total. The van der Waals surface area contributed by atoms with E-state index in [-0.39, 0.29) is 5.91 Å². The third kappa shape index (κ3) is 6.64. The summed E-state index contributed by atoms with van der Waals surface area (Å²) in [5.41, 5.74) is 1.49. The van der Waals surface area contributed by atoms with Gasteiger partial charge in [0.2, 0.25) is 0 Å². The molecule has 0 saturated heterocycles. The number of carbonyl (C=O) groups is 1. The molecule has 0 bridgehead atoms. The summed E-state index contributed by atoms with van der Waals surface area (Å²) in [5.74, 6) is -0.0941. The van der Waals surface area contributed by atoms with Crippen molar-refractivity contribution in [1.29, 1.82) is 0 Å². The van der Waals surface area contributed by atoms with E-state index in [1.54, 1.807) is 23.5 Å². The summed E-state index contributed by atoms with van der Waals surface area (Å²) >= 11 is 10.2. The van der Waals surface area contributed by atoms with Gasteiger partial charge in [-0.15, -0.1) is 0 Å². The number of carbonyl (C=O) groups excluding carboxylic acids is 1. The molecule has 0 fully saturated rings. The van der Waals surface area contributed by atoms with Crippen molar-refractivity contribution >= 4 is 103 Å². The van der Waals surface area contributed by atoms with Crippen LogP contribution < -0.4 is 5.32 Å². The summed E-state index contributed by atoms with van der Waals surface area (Å²) in [6, 6.07) is 30.8. The molecule has 4 aromatic rings. The fourth-order valence-corrected chi connectivity index (χ4v) is 7.28. The lowest BCUT2D eigenvalue weighted by Gasteiger charge is -2.13. The first kappa shape index (κ1) is 24.4. The number of hydrogen-bond acceptors (Lipinski definition) is 3. The Morgan fingerprint density at radius 3 is 1.72 bits per heavy atom. The highest BCUT2D eigenvalue weighted by Gasteiger charge is 2.15. The molecule has 4 aromatic carbocycles. The van der Waals surface area contributed by atoms with Gasteiger partial charge in [0.15, 0.2) is 0 Å². The minimum Gasteiger partial charge on any atom is -0.322 e. The number of rotatable bonds is 6. The van der Waals surface area contributed by atoms with Gasteiger partial charge in [-0.25, -0.2) is 0 Å². The number of halogens is 3. The topological polar surface area (TPSA) is 29.1 Å². The van der Waals surface area contributed by atoms with Crippen molar-refractivity contribution in [2.24, 2.45) is 0 Å². The van der Waals surface area contributed by atoms with Crippen LogP contribution in [-0.2, 0) is 0 Å². The molecule has 1 amide bonds. The van der Waals surface area contributed by atoms with Gasteiger partial charge in [0.05, 0.1) is 5.56 Å². The van der Waals surface area contributed by atoms with Gasteiger partial charge in [-0.2, -0.15) is 0 Å². The number of benzene rings is 4. The average molecular weight is 791 g/mol. The minimum atomic E-state index is -0.0941. The summed E-state index contributed by atoms with van der Waals surface area (Å²) in [6.07, 6.45) is 0. The van der Waals surface area contributed by atoms with Gasteiger partial charge in [0.25, 0.3) is 5.91 Å². The first-order valence-corrected chi connectivity index (χ1v) is 14.4. The second kappa shape index (κ2) is 11.6. The van der Waals surface area contributed by atoms with E-state index in [1.165, 1.54) is 0 Å². The van der Waals surface area contributed by atoms with E-state index < -0.39 is 0 Å². The fraction of sp³-hybridized carbons (Fsp3) is 0. The first-order valence-electron chi connectivity index (χ1n) is 9.55.